The number of aliphatic imine (C=N–C) groups is 1. The first-order valence-electron chi connectivity index (χ1n) is 19.4. The van der Waals surface area contributed by atoms with Gasteiger partial charge in [-0.05, 0) is 53.1 Å². The van der Waals surface area contributed by atoms with Gasteiger partial charge in [-0.3, -0.25) is 5.32 Å². The molecule has 0 saturated carbocycles. The number of fused-ring (bicyclic) bond motifs is 9. The number of hydrogen-bond donors (Lipinski definition) is 2. The van der Waals surface area contributed by atoms with Crippen LogP contribution in [0.5, 0.6) is 0 Å². The molecule has 0 bridgehead atoms. The third kappa shape index (κ3) is 5.08. The Bertz CT molecular complexity index is 3320. The van der Waals surface area contributed by atoms with E-state index in [0.29, 0.717) is 0 Å². The van der Waals surface area contributed by atoms with Gasteiger partial charge >= 0.3 is 0 Å². The smallest absolute Gasteiger partial charge is 0.142 e. The zero-order valence-electron chi connectivity index (χ0n) is 30.7. The highest BCUT2D eigenvalue weighted by Crippen LogP contribution is 2.45. The van der Waals surface area contributed by atoms with Gasteiger partial charge in [-0.25, -0.2) is 4.99 Å². The maximum absolute atomic E-state index is 6.75. The fourth-order valence-electron chi connectivity index (χ4n) is 8.91. The highest BCUT2D eigenvalue weighted by Gasteiger charge is 2.28. The van der Waals surface area contributed by atoms with Crippen molar-refractivity contribution >= 4 is 81.1 Å². The second kappa shape index (κ2) is 12.8. The zero-order chi connectivity index (χ0) is 37.5. The number of amidine groups is 1. The number of para-hydroxylation sites is 3. The van der Waals surface area contributed by atoms with Crippen LogP contribution >= 0.6 is 11.3 Å². The van der Waals surface area contributed by atoms with E-state index in [-0.39, 0.29) is 12.3 Å². The van der Waals surface area contributed by atoms with Gasteiger partial charge in [0, 0.05) is 48.1 Å². The Morgan fingerprint density at radius 3 is 2.05 bits per heavy atom. The Labute approximate surface area is 332 Å². The number of thiophene rings is 1. The molecule has 8 aromatic carbocycles. The lowest BCUT2D eigenvalue weighted by atomic mass is 9.97. The fraction of sp³-hybridized carbons (Fsp3) is 0.0392. The van der Waals surface area contributed by atoms with Crippen molar-refractivity contribution in [2.75, 3.05) is 0 Å². The lowest BCUT2D eigenvalue weighted by molar-refractivity contribution is 0.408. The molecule has 0 aliphatic carbocycles. The summed E-state index contributed by atoms with van der Waals surface area (Å²) in [6, 6.07) is 64.8. The van der Waals surface area contributed by atoms with Crippen molar-refractivity contribution in [3.8, 4) is 16.8 Å². The second-order valence-corrected chi connectivity index (χ2v) is 15.8. The van der Waals surface area contributed by atoms with Crippen molar-refractivity contribution < 1.29 is 4.42 Å². The maximum atomic E-state index is 6.75. The summed E-state index contributed by atoms with van der Waals surface area (Å²) in [5.74, 6) is 0.848. The van der Waals surface area contributed by atoms with E-state index >= 15 is 0 Å². The largest absolute Gasteiger partial charge is 0.456 e. The van der Waals surface area contributed by atoms with E-state index in [9.17, 15) is 0 Å². The highest BCUT2D eigenvalue weighted by atomic mass is 32.1. The molecule has 0 radical (unpaired) electrons. The Balaban J connectivity index is 1.000. The molecular weight excluding hydrogens is 717 g/mol. The molecule has 0 spiro atoms. The van der Waals surface area contributed by atoms with Crippen molar-refractivity contribution in [2.45, 2.75) is 12.3 Å². The van der Waals surface area contributed by atoms with Crippen molar-refractivity contribution in [3.05, 3.63) is 199 Å². The number of nitrogens with zero attached hydrogens (tertiary/aromatic N) is 2. The van der Waals surface area contributed by atoms with Gasteiger partial charge in [0.15, 0.2) is 0 Å². The minimum atomic E-state index is -0.329. The van der Waals surface area contributed by atoms with Crippen molar-refractivity contribution in [1.29, 1.82) is 0 Å². The summed E-state index contributed by atoms with van der Waals surface area (Å²) in [7, 11) is 0. The predicted octanol–water partition coefficient (Wildman–Crippen LogP) is 13.1. The molecule has 0 saturated heterocycles. The van der Waals surface area contributed by atoms with Gasteiger partial charge in [0.25, 0.3) is 0 Å². The Morgan fingerprint density at radius 2 is 1.25 bits per heavy atom. The summed E-state index contributed by atoms with van der Waals surface area (Å²) in [6.45, 7) is 0. The van der Waals surface area contributed by atoms with E-state index in [1.54, 1.807) is 0 Å². The Kier molecular flexibility index (Phi) is 7.24. The van der Waals surface area contributed by atoms with Crippen LogP contribution in [-0.4, -0.2) is 10.4 Å². The molecule has 0 fully saturated rings. The van der Waals surface area contributed by atoms with Crippen LogP contribution in [0.1, 0.15) is 29.0 Å². The van der Waals surface area contributed by atoms with Gasteiger partial charge in [-0.15, -0.1) is 11.3 Å². The van der Waals surface area contributed by atoms with Crippen molar-refractivity contribution in [3.63, 3.8) is 0 Å². The number of aromatic nitrogens is 1. The van der Waals surface area contributed by atoms with Crippen LogP contribution in [0.2, 0.25) is 0 Å². The molecule has 0 amide bonds. The molecule has 2 unspecified atom stereocenters. The molecular formula is C51H34N4OS. The first kappa shape index (κ1) is 32.3. The molecule has 3 aromatic heterocycles. The zero-order valence-corrected chi connectivity index (χ0v) is 31.5. The van der Waals surface area contributed by atoms with Gasteiger partial charge in [0.1, 0.15) is 29.3 Å². The molecule has 270 valence electrons. The third-order valence-corrected chi connectivity index (χ3v) is 12.7. The lowest BCUT2D eigenvalue weighted by Gasteiger charge is -2.32. The molecule has 57 heavy (non-hydrogen) atoms. The molecule has 1 aliphatic rings. The van der Waals surface area contributed by atoms with E-state index in [2.05, 4.69) is 185 Å². The van der Waals surface area contributed by atoms with Crippen molar-refractivity contribution in [1.82, 2.24) is 15.2 Å². The minimum Gasteiger partial charge on any atom is -0.456 e. The first-order chi connectivity index (χ1) is 28.3. The van der Waals surface area contributed by atoms with E-state index < -0.39 is 0 Å². The summed E-state index contributed by atoms with van der Waals surface area (Å²) >= 11 is 1.87. The highest BCUT2D eigenvalue weighted by molar-refractivity contribution is 7.26. The number of benzene rings is 8. The molecule has 2 N–H and O–H groups in total. The molecule has 2 atom stereocenters. The second-order valence-electron chi connectivity index (χ2n) is 14.7. The van der Waals surface area contributed by atoms with Gasteiger partial charge in [0.05, 0.1) is 21.4 Å². The predicted molar refractivity (Wildman–Crippen MR) is 238 cm³/mol. The first-order valence-corrected chi connectivity index (χ1v) is 20.2. The molecule has 5 nitrogen and oxygen atoms in total. The van der Waals surface area contributed by atoms with Crippen LogP contribution in [0, 0.1) is 0 Å². The Morgan fingerprint density at radius 1 is 0.561 bits per heavy atom. The third-order valence-electron chi connectivity index (χ3n) is 11.5. The fourth-order valence-corrected chi connectivity index (χ4v) is 10.1. The summed E-state index contributed by atoms with van der Waals surface area (Å²) in [6.07, 6.45) is -0.461. The van der Waals surface area contributed by atoms with Gasteiger partial charge in [-0.2, -0.15) is 0 Å². The lowest BCUT2D eigenvalue weighted by Crippen LogP contribution is -2.44. The van der Waals surface area contributed by atoms with Crippen molar-refractivity contribution in [2.24, 2.45) is 4.99 Å². The van der Waals surface area contributed by atoms with E-state index in [4.69, 9.17) is 9.41 Å². The summed E-state index contributed by atoms with van der Waals surface area (Å²) < 4.78 is 11.7. The van der Waals surface area contributed by atoms with Crippen LogP contribution in [0.25, 0.3) is 80.7 Å². The normalized spacial score (nSPS) is 15.9. The topological polar surface area (TPSA) is 54.5 Å². The monoisotopic (exact) mass is 750 g/mol. The average molecular weight is 751 g/mol. The summed E-state index contributed by atoms with van der Waals surface area (Å²) in [5.41, 5.74) is 10.9. The van der Waals surface area contributed by atoms with Gasteiger partial charge in [0.2, 0.25) is 0 Å². The average Bonchev–Trinajstić information content (AvgIpc) is 3.96. The maximum Gasteiger partial charge on any atom is 0.142 e. The summed E-state index contributed by atoms with van der Waals surface area (Å²) in [5, 5.41) is 14.7. The van der Waals surface area contributed by atoms with E-state index in [1.807, 2.05) is 23.5 Å². The molecule has 6 heteroatoms. The number of rotatable bonds is 5. The minimum absolute atomic E-state index is 0.133. The standard InChI is InChI=1S/C51H34N4OS/c1-3-14-31(15-4-1)49-52-50(32-16-5-2-6-17-32)54-51(53-49)39-23-11-21-37-40-30-33(28-29-44(40)56-47(37)39)34-20-13-27-45-46(34)38-22-12-26-43(48(38)57-45)55-41-24-9-7-18-35(41)36-19-8-10-25-42(36)55/h1-30,49,51,53H,(H,52,54). The van der Waals surface area contributed by atoms with E-state index in [1.165, 1.54) is 53.2 Å². The number of hydrogen-bond acceptors (Lipinski definition) is 5. The van der Waals surface area contributed by atoms with Gasteiger partial charge in [-0.1, -0.05) is 146 Å². The van der Waals surface area contributed by atoms with Crippen LogP contribution in [0.3, 0.4) is 0 Å². The van der Waals surface area contributed by atoms with Crippen LogP contribution in [0.15, 0.2) is 191 Å². The number of nitrogens with one attached hydrogen (secondary N) is 2. The summed E-state index contributed by atoms with van der Waals surface area (Å²) in [4.78, 5) is 5.23. The molecule has 12 rings (SSSR count). The van der Waals surface area contributed by atoms with Crippen LogP contribution < -0.4 is 10.6 Å². The Hall–Kier alpha value is -6.99. The molecule has 1 aliphatic heterocycles. The van der Waals surface area contributed by atoms with Crippen LogP contribution in [-0.2, 0) is 0 Å². The number of furan rings is 1. The SMILES string of the molecule is c1ccc(C2=NC(c3cccc4c3oc3ccc(-c5cccc6sc7c(-n8c9ccccc9c9ccccc98)cccc7c56)cc34)NC(c3ccccc3)N2)cc1. The molecule has 11 aromatic rings. The van der Waals surface area contributed by atoms with Crippen LogP contribution in [0.4, 0.5) is 0 Å². The van der Waals surface area contributed by atoms with E-state index in [0.717, 1.165) is 50.0 Å². The molecule has 4 heterocycles. The quantitative estimate of drug-likeness (QED) is 0.184. The van der Waals surface area contributed by atoms with Gasteiger partial charge < -0.3 is 14.3 Å².